The lowest BCUT2D eigenvalue weighted by molar-refractivity contribution is -0.145. The monoisotopic (exact) mass is 696 g/mol. The molecule has 0 saturated heterocycles. The number of carbonyl (C=O) groups is 4. The molecule has 2 atom stereocenters. The van der Waals surface area contributed by atoms with Crippen LogP contribution in [0.4, 0.5) is 26.3 Å². The van der Waals surface area contributed by atoms with Crippen LogP contribution in [0.2, 0.25) is 10.0 Å². The molecule has 248 valence electrons. The van der Waals surface area contributed by atoms with E-state index >= 15 is 0 Å². The van der Waals surface area contributed by atoms with Crippen LogP contribution in [0.15, 0.2) is 46.4 Å². The highest BCUT2D eigenvalue weighted by Gasteiger charge is 2.45. The van der Waals surface area contributed by atoms with Crippen LogP contribution in [0.1, 0.15) is 56.8 Å². The number of amides is 4. The molecule has 4 amide bonds. The van der Waals surface area contributed by atoms with Gasteiger partial charge in [-0.05, 0) is 41.5 Å². The highest BCUT2D eigenvalue weighted by molar-refractivity contribution is 6.31. The topological polar surface area (TPSA) is 204 Å². The van der Waals surface area contributed by atoms with Gasteiger partial charge in [0.2, 0.25) is 0 Å². The van der Waals surface area contributed by atoms with Gasteiger partial charge in [-0.1, -0.05) is 29.3 Å². The Morgan fingerprint density at radius 1 is 0.674 bits per heavy atom. The largest absolute Gasteiger partial charge is 0.406 e. The highest BCUT2D eigenvalue weighted by atomic mass is 35.5. The fourth-order valence-electron chi connectivity index (χ4n) is 4.84. The minimum atomic E-state index is -4.61. The van der Waals surface area contributed by atoms with E-state index in [-0.39, 0.29) is 32.3 Å². The molecule has 2 heterocycles. The maximum absolute atomic E-state index is 12.7. The van der Waals surface area contributed by atoms with E-state index in [1.807, 2.05) is 0 Å². The zero-order valence-corrected chi connectivity index (χ0v) is 24.7. The first-order valence-electron chi connectivity index (χ1n) is 12.8. The third-order valence-corrected chi connectivity index (χ3v) is 6.89. The van der Waals surface area contributed by atoms with Crippen LogP contribution in [0.25, 0.3) is 0 Å². The molecule has 0 saturated carbocycles. The molecule has 2 aromatic rings. The lowest BCUT2D eigenvalue weighted by Crippen LogP contribution is -2.37. The number of halogens is 8. The Hall–Kier alpha value is -4.58. The number of aliphatic imine (C=N–C) groups is 2. The number of guanidine groups is 2. The molecule has 0 radical (unpaired) electrons. The predicted octanol–water partition coefficient (Wildman–Crippen LogP) is 3.18. The third-order valence-electron chi connectivity index (χ3n) is 6.42. The Bertz CT molecular complexity index is 1590. The van der Waals surface area contributed by atoms with Crippen LogP contribution in [-0.2, 0) is 9.59 Å². The summed E-state index contributed by atoms with van der Waals surface area (Å²) in [4.78, 5) is 55.5. The van der Waals surface area contributed by atoms with Crippen molar-refractivity contribution >= 4 is 58.7 Å². The van der Waals surface area contributed by atoms with Crippen molar-refractivity contribution in [3.8, 4) is 0 Å². The molecule has 0 fully saturated rings. The van der Waals surface area contributed by atoms with E-state index in [1.165, 1.54) is 36.4 Å². The maximum Gasteiger partial charge on any atom is 0.406 e. The summed E-state index contributed by atoms with van der Waals surface area (Å²) in [6.45, 7) is -2.98. The van der Waals surface area contributed by atoms with E-state index in [4.69, 9.17) is 46.1 Å². The Morgan fingerprint density at radius 2 is 1.09 bits per heavy atom. The van der Waals surface area contributed by atoms with Crippen LogP contribution >= 0.6 is 23.2 Å². The average Bonchev–Trinajstić information content (AvgIpc) is 3.27. The Balaban J connectivity index is 0.000000250. The van der Waals surface area contributed by atoms with E-state index in [0.29, 0.717) is 9.80 Å². The molecule has 4 rings (SSSR count). The van der Waals surface area contributed by atoms with Crippen LogP contribution in [0, 0.1) is 0 Å². The molecule has 0 aromatic heterocycles. The lowest BCUT2D eigenvalue weighted by Gasteiger charge is -2.25. The molecular formula is C26H24Cl2F6N8O4. The minimum Gasteiger partial charge on any atom is -0.370 e. The van der Waals surface area contributed by atoms with Gasteiger partial charge in [0, 0.05) is 21.2 Å². The van der Waals surface area contributed by atoms with Gasteiger partial charge in [0.05, 0.1) is 24.9 Å². The first-order valence-corrected chi connectivity index (χ1v) is 13.5. The first-order chi connectivity index (χ1) is 21.2. The van der Waals surface area contributed by atoms with Crippen LogP contribution < -0.4 is 22.9 Å². The molecule has 2 aliphatic heterocycles. The molecule has 2 aromatic carbocycles. The summed E-state index contributed by atoms with van der Waals surface area (Å²) in [6.07, 6.45) is -10.2. The molecule has 12 nitrogen and oxygen atoms in total. The Labute approximate surface area is 266 Å². The van der Waals surface area contributed by atoms with Crippen molar-refractivity contribution in [1.82, 2.24) is 9.80 Å². The number of carbonyl (C=O) groups excluding carboxylic acids is 4. The molecule has 0 bridgehead atoms. The van der Waals surface area contributed by atoms with Gasteiger partial charge in [-0.25, -0.2) is 0 Å². The molecule has 2 unspecified atom stereocenters. The van der Waals surface area contributed by atoms with Crippen LogP contribution in [0.3, 0.4) is 0 Å². The summed E-state index contributed by atoms with van der Waals surface area (Å²) in [5, 5.41) is 0.449. The van der Waals surface area contributed by atoms with Gasteiger partial charge >= 0.3 is 12.4 Å². The van der Waals surface area contributed by atoms with E-state index < -0.39 is 85.9 Å². The second-order valence-corrected chi connectivity index (χ2v) is 10.7. The van der Waals surface area contributed by atoms with Gasteiger partial charge in [-0.2, -0.15) is 36.3 Å². The van der Waals surface area contributed by atoms with Crippen molar-refractivity contribution in [3.05, 3.63) is 68.7 Å². The number of hydrogen-bond donors (Lipinski definition) is 4. The van der Waals surface area contributed by atoms with Gasteiger partial charge < -0.3 is 32.7 Å². The predicted molar refractivity (Wildman–Crippen MR) is 153 cm³/mol. The quantitative estimate of drug-likeness (QED) is 0.200. The average molecular weight is 697 g/mol. The second-order valence-electron chi connectivity index (χ2n) is 9.86. The number of hydrogen-bond acceptors (Lipinski definition) is 4. The SMILES string of the molecule is NC(N)=NC(=O)CC1c2cc(Cl)ccc2C(=O)N1CC(F)(F)F.NC(N)=NC(=O)CC1c2ccc(Cl)cc2C(=O)N1CC(F)(F)F. The first kappa shape index (κ1) is 35.9. The summed E-state index contributed by atoms with van der Waals surface area (Å²) in [5.41, 5.74) is 20.9. The standard InChI is InChI=1S/2C13H12ClF3N4O2/c14-6-1-2-7-8(3-6)9(4-10(22)20-12(18)19)21(11(7)23)5-13(15,16)17;14-6-1-2-7-8(3-6)11(23)21(5-13(15,16)17)9(7)4-10(22)20-12(18)19/h2*1-3,9H,4-5H2,(H4,18,19,20,22). The smallest absolute Gasteiger partial charge is 0.370 e. The Morgan fingerprint density at radius 3 is 1.54 bits per heavy atom. The summed E-state index contributed by atoms with van der Waals surface area (Å²) < 4.78 is 76.4. The third kappa shape index (κ3) is 9.23. The molecule has 0 spiro atoms. The van der Waals surface area contributed by atoms with Gasteiger partial charge in [0.1, 0.15) is 13.1 Å². The van der Waals surface area contributed by atoms with Crippen molar-refractivity contribution in [2.75, 3.05) is 13.1 Å². The second kappa shape index (κ2) is 13.8. The zero-order chi connectivity index (χ0) is 34.7. The summed E-state index contributed by atoms with van der Waals surface area (Å²) in [7, 11) is 0. The van der Waals surface area contributed by atoms with Crippen molar-refractivity contribution in [3.63, 3.8) is 0 Å². The van der Waals surface area contributed by atoms with Crippen molar-refractivity contribution in [2.45, 2.75) is 37.3 Å². The van der Waals surface area contributed by atoms with Gasteiger partial charge in [-0.3, -0.25) is 19.2 Å². The van der Waals surface area contributed by atoms with Crippen molar-refractivity contribution in [2.24, 2.45) is 32.9 Å². The van der Waals surface area contributed by atoms with Gasteiger partial charge in [-0.15, -0.1) is 0 Å². The lowest BCUT2D eigenvalue weighted by atomic mass is 10.0. The molecule has 8 N–H and O–H groups in total. The summed E-state index contributed by atoms with van der Waals surface area (Å²) in [5.74, 6) is -4.33. The van der Waals surface area contributed by atoms with Crippen molar-refractivity contribution < 1.29 is 45.5 Å². The number of benzene rings is 2. The number of nitrogens with zero attached hydrogens (tertiary/aromatic N) is 4. The number of nitrogens with two attached hydrogens (primary N) is 4. The molecule has 20 heteroatoms. The summed E-state index contributed by atoms with van der Waals surface area (Å²) in [6, 6.07) is 5.97. The normalized spacial score (nSPS) is 17.1. The number of fused-ring (bicyclic) bond motifs is 2. The van der Waals surface area contributed by atoms with Gasteiger partial charge in [0.25, 0.3) is 23.6 Å². The fourth-order valence-corrected chi connectivity index (χ4v) is 5.19. The van der Waals surface area contributed by atoms with Crippen LogP contribution in [-0.4, -0.2) is 70.8 Å². The van der Waals surface area contributed by atoms with Gasteiger partial charge in [0.15, 0.2) is 11.9 Å². The van der Waals surface area contributed by atoms with E-state index in [9.17, 15) is 45.5 Å². The van der Waals surface area contributed by atoms with E-state index in [1.54, 1.807) is 0 Å². The molecule has 46 heavy (non-hydrogen) atoms. The molecule has 0 aliphatic carbocycles. The highest BCUT2D eigenvalue weighted by Crippen LogP contribution is 2.40. The number of rotatable bonds is 6. The van der Waals surface area contributed by atoms with E-state index in [0.717, 1.165) is 0 Å². The maximum atomic E-state index is 12.7. The van der Waals surface area contributed by atoms with Crippen LogP contribution in [0.5, 0.6) is 0 Å². The van der Waals surface area contributed by atoms with E-state index in [2.05, 4.69) is 9.98 Å². The zero-order valence-electron chi connectivity index (χ0n) is 23.2. The number of alkyl halides is 6. The Kier molecular flexibility index (Phi) is 10.8. The molecule has 2 aliphatic rings. The molecular weight excluding hydrogens is 673 g/mol. The summed E-state index contributed by atoms with van der Waals surface area (Å²) >= 11 is 11.6. The minimum absolute atomic E-state index is 0.0317. The van der Waals surface area contributed by atoms with Crippen molar-refractivity contribution in [1.29, 1.82) is 0 Å². The fraction of sp³-hybridized carbons (Fsp3) is 0.308.